The van der Waals surface area contributed by atoms with Crippen molar-refractivity contribution in [2.75, 3.05) is 45.9 Å². The molecule has 0 saturated carbocycles. The molecule has 3 saturated heterocycles. The lowest BCUT2D eigenvalue weighted by atomic mass is 10.2. The minimum absolute atomic E-state index is 0. The molecule has 0 atom stereocenters. The summed E-state index contributed by atoms with van der Waals surface area (Å²) >= 11 is 0. The molecule has 172 valence electrons. The van der Waals surface area contributed by atoms with E-state index in [2.05, 4.69) is 11.9 Å². The van der Waals surface area contributed by atoms with Gasteiger partial charge in [0.1, 0.15) is 12.8 Å². The van der Waals surface area contributed by atoms with Crippen LogP contribution in [0.3, 0.4) is 0 Å². The molecule has 0 aromatic carbocycles. The van der Waals surface area contributed by atoms with Crippen molar-refractivity contribution >= 4 is 19.2 Å². The Hall–Kier alpha value is -2.46. The molecule has 0 bridgehead atoms. The second-order valence-corrected chi connectivity index (χ2v) is 5.92. The van der Waals surface area contributed by atoms with Crippen LogP contribution in [0, 0.1) is 0 Å². The molecule has 0 aliphatic carbocycles. The smallest absolute Gasteiger partial charge is 0.262 e. The highest BCUT2D eigenvalue weighted by molar-refractivity contribution is 5.48. The fraction of sp³-hybridized carbons (Fsp3) is 0.722. The summed E-state index contributed by atoms with van der Waals surface area (Å²) in [6.07, 6.45) is 2.24. The van der Waals surface area contributed by atoms with Crippen LogP contribution in [0.1, 0.15) is 28.2 Å². The van der Waals surface area contributed by atoms with Crippen LogP contribution in [0.5, 0.6) is 0 Å². The van der Waals surface area contributed by atoms with E-state index >= 15 is 0 Å². The molecular weight excluding hydrogens is 393 g/mol. The van der Waals surface area contributed by atoms with Crippen molar-refractivity contribution in [3.8, 4) is 0 Å². The monoisotopic (exact) mass is 428 g/mol. The number of likely N-dealkylation sites (tertiary alicyclic amines) is 2. The fourth-order valence-corrected chi connectivity index (χ4v) is 1.62. The van der Waals surface area contributed by atoms with Crippen LogP contribution in [-0.4, -0.2) is 87.0 Å². The molecule has 29 heavy (non-hydrogen) atoms. The number of nitrogens with one attached hydrogen (secondary N) is 2. The van der Waals surface area contributed by atoms with Gasteiger partial charge in [0.15, 0.2) is 5.88 Å². The minimum atomic E-state index is -2.79. The number of hydrogen-bond acceptors (Lipinski definition) is 5. The number of halogens is 3. The van der Waals surface area contributed by atoms with Gasteiger partial charge in [0, 0.05) is 20.0 Å². The average Bonchev–Trinajstić information content (AvgIpc) is 3.01. The summed E-state index contributed by atoms with van der Waals surface area (Å²) in [6.45, 7) is 7.91. The number of carbonyl (C=O) groups is 3. The lowest BCUT2D eigenvalue weighted by Gasteiger charge is -2.29. The lowest BCUT2D eigenvalue weighted by Crippen LogP contribution is -2.47. The van der Waals surface area contributed by atoms with Gasteiger partial charge in [-0.2, -0.15) is 0 Å². The number of amides is 3. The molecule has 3 aliphatic rings. The Morgan fingerprint density at radius 2 is 1.76 bits per heavy atom. The Labute approximate surface area is 171 Å². The summed E-state index contributed by atoms with van der Waals surface area (Å²) in [4.78, 5) is 32.0. The summed E-state index contributed by atoms with van der Waals surface area (Å²) in [5.41, 5.74) is 0. The fourth-order valence-electron chi connectivity index (χ4n) is 1.62. The molecule has 3 amide bonds. The van der Waals surface area contributed by atoms with E-state index in [1.54, 1.807) is 4.90 Å². The third kappa shape index (κ3) is 18.7. The van der Waals surface area contributed by atoms with Gasteiger partial charge < -0.3 is 25.2 Å². The van der Waals surface area contributed by atoms with Gasteiger partial charge in [0.25, 0.3) is 5.92 Å². The quantitative estimate of drug-likeness (QED) is 0.646. The first-order valence-corrected chi connectivity index (χ1v) is 8.35. The Balaban J connectivity index is -0.000000305. The number of nitrogens with zero attached hydrogens (tertiary/aromatic N) is 2. The molecule has 3 fully saturated rings. The molecule has 3 aliphatic heterocycles. The van der Waals surface area contributed by atoms with E-state index in [9.17, 15) is 27.6 Å². The Morgan fingerprint density at radius 1 is 1.21 bits per heavy atom. The number of ether oxygens (including phenoxy) is 1. The van der Waals surface area contributed by atoms with Gasteiger partial charge in [-0.25, -0.2) is 13.2 Å². The van der Waals surface area contributed by atoms with Crippen molar-refractivity contribution in [2.24, 2.45) is 0 Å². The van der Waals surface area contributed by atoms with Gasteiger partial charge >= 0.3 is 0 Å². The first-order chi connectivity index (χ1) is 12.7. The minimum Gasteiger partial charge on any atom is -0.478 e. The number of alkyl halides is 3. The molecule has 0 aromatic rings. The summed E-state index contributed by atoms with van der Waals surface area (Å²) in [7, 11) is 0. The maximum Gasteiger partial charge on any atom is 0.262 e. The van der Waals surface area contributed by atoms with Crippen LogP contribution in [0.25, 0.3) is 0 Å². The number of hydrogen-bond donors (Lipinski definition) is 2. The zero-order valence-electron chi connectivity index (χ0n) is 15.3. The third-order valence-corrected chi connectivity index (χ3v) is 3.25. The van der Waals surface area contributed by atoms with E-state index in [1.165, 1.54) is 11.3 Å². The lowest BCUT2D eigenvalue weighted by molar-refractivity contribution is -0.124. The number of carbonyl (C=O) groups excluding carboxylic acids is 3. The first-order valence-electron chi connectivity index (χ1n) is 8.35. The van der Waals surface area contributed by atoms with E-state index in [1.807, 2.05) is 5.32 Å². The zero-order chi connectivity index (χ0) is 20.7. The highest BCUT2D eigenvalue weighted by atomic mass is 19.3. The number of rotatable bonds is 5. The molecule has 0 unspecified atom stereocenters. The highest BCUT2D eigenvalue weighted by Gasteiger charge is 2.23. The van der Waals surface area contributed by atoms with Crippen LogP contribution in [0.15, 0.2) is 12.5 Å². The van der Waals surface area contributed by atoms with E-state index in [0.29, 0.717) is 25.4 Å². The SMILES string of the molecule is C.C.C=C1NCCO1.CC(F)(F)CNC=O.O=CN1CC(F)C1.O=CN1CCC1. The van der Waals surface area contributed by atoms with Crippen molar-refractivity contribution < 1.29 is 32.3 Å². The topological polar surface area (TPSA) is 91.0 Å². The van der Waals surface area contributed by atoms with Crippen LogP contribution >= 0.6 is 0 Å². The molecule has 3 rings (SSSR count). The standard InChI is InChI=1S/C4H7F2NO.C4H6FNO.2C4H7NO.2CH4/c1-4(5,6)2-7-3-8;5-4-1-6(2-4)3-7;1-4-5-2-3-6-4;6-4-5-2-1-3-5;;/h3H,2H2,1H3,(H,7,8);3-4H,1-2H2;5H,1-3H2;4H,1-3H2;2*1H4. The zero-order valence-corrected chi connectivity index (χ0v) is 15.3. The second kappa shape index (κ2) is 17.6. The van der Waals surface area contributed by atoms with E-state index in [-0.39, 0.29) is 21.3 Å². The maximum atomic E-state index is 11.8. The summed E-state index contributed by atoms with van der Waals surface area (Å²) in [5, 5.41) is 4.76. The van der Waals surface area contributed by atoms with E-state index in [0.717, 1.165) is 39.6 Å². The van der Waals surface area contributed by atoms with E-state index in [4.69, 9.17) is 4.74 Å². The van der Waals surface area contributed by atoms with Gasteiger partial charge in [0.05, 0.1) is 26.2 Å². The van der Waals surface area contributed by atoms with Crippen molar-refractivity contribution in [1.29, 1.82) is 0 Å². The highest BCUT2D eigenvalue weighted by Crippen LogP contribution is 2.08. The molecule has 2 N–H and O–H groups in total. The summed E-state index contributed by atoms with van der Waals surface area (Å²) < 4.78 is 40.0. The van der Waals surface area contributed by atoms with Crippen LogP contribution in [0.2, 0.25) is 0 Å². The van der Waals surface area contributed by atoms with Crippen LogP contribution in [-0.2, 0) is 19.1 Å². The van der Waals surface area contributed by atoms with Gasteiger partial charge in [-0.05, 0) is 13.0 Å². The molecule has 0 aromatic heterocycles. The first kappa shape index (κ1) is 31.2. The van der Waals surface area contributed by atoms with Gasteiger partial charge in [-0.15, -0.1) is 0 Å². The Kier molecular flexibility index (Phi) is 19.0. The van der Waals surface area contributed by atoms with Crippen molar-refractivity contribution in [2.45, 2.75) is 40.3 Å². The predicted octanol–water partition coefficient (Wildman–Crippen LogP) is 1.38. The average molecular weight is 428 g/mol. The molecule has 3 heterocycles. The largest absolute Gasteiger partial charge is 0.478 e. The third-order valence-electron chi connectivity index (χ3n) is 3.25. The van der Waals surface area contributed by atoms with Crippen molar-refractivity contribution in [3.63, 3.8) is 0 Å². The second-order valence-electron chi connectivity index (χ2n) is 5.92. The molecule has 0 radical (unpaired) electrons. The van der Waals surface area contributed by atoms with Crippen LogP contribution < -0.4 is 10.6 Å². The normalized spacial score (nSPS) is 16.3. The molecular formula is C18H35F3N4O4. The predicted molar refractivity (Wildman–Crippen MR) is 106 cm³/mol. The maximum absolute atomic E-state index is 11.8. The van der Waals surface area contributed by atoms with Gasteiger partial charge in [-0.3, -0.25) is 14.4 Å². The van der Waals surface area contributed by atoms with Gasteiger partial charge in [0.2, 0.25) is 19.2 Å². The van der Waals surface area contributed by atoms with Gasteiger partial charge in [-0.1, -0.05) is 14.9 Å². The molecule has 11 heteroatoms. The summed E-state index contributed by atoms with van der Waals surface area (Å²) in [6, 6.07) is 0. The van der Waals surface area contributed by atoms with Crippen molar-refractivity contribution in [3.05, 3.63) is 12.5 Å². The molecule has 8 nitrogen and oxygen atoms in total. The van der Waals surface area contributed by atoms with Crippen molar-refractivity contribution in [1.82, 2.24) is 20.4 Å². The molecule has 0 spiro atoms. The Morgan fingerprint density at radius 3 is 1.86 bits per heavy atom. The Bertz CT molecular complexity index is 447. The van der Waals surface area contributed by atoms with E-state index < -0.39 is 18.6 Å². The summed E-state index contributed by atoms with van der Waals surface area (Å²) in [5.74, 6) is -2.09. The van der Waals surface area contributed by atoms with Crippen LogP contribution in [0.4, 0.5) is 13.2 Å².